The minimum atomic E-state index is 0.172. The van der Waals surface area contributed by atoms with Gasteiger partial charge in [0.1, 0.15) is 0 Å². The minimum absolute atomic E-state index is 0.172. The SMILES string of the molecule is Cc1ccccc1C1CC(N(C(=O)c2ccc(N)cc2)C2CC2)C1. The van der Waals surface area contributed by atoms with Gasteiger partial charge < -0.3 is 10.6 Å². The number of nitrogens with two attached hydrogens (primary N) is 1. The van der Waals surface area contributed by atoms with E-state index in [1.54, 1.807) is 0 Å². The van der Waals surface area contributed by atoms with Gasteiger partial charge in [0.2, 0.25) is 0 Å². The molecule has 1 amide bonds. The first-order valence-electron chi connectivity index (χ1n) is 8.87. The molecule has 4 rings (SSSR count). The van der Waals surface area contributed by atoms with E-state index in [2.05, 4.69) is 36.1 Å². The molecule has 2 saturated carbocycles. The fourth-order valence-electron chi connectivity index (χ4n) is 3.87. The number of aryl methyl sites for hydroxylation is 1. The zero-order valence-corrected chi connectivity index (χ0v) is 14.1. The van der Waals surface area contributed by atoms with Gasteiger partial charge in [-0.3, -0.25) is 4.79 Å². The van der Waals surface area contributed by atoms with Gasteiger partial charge in [0.25, 0.3) is 5.91 Å². The summed E-state index contributed by atoms with van der Waals surface area (Å²) in [6, 6.07) is 16.8. The highest BCUT2D eigenvalue weighted by Crippen LogP contribution is 2.44. The van der Waals surface area contributed by atoms with Gasteiger partial charge in [-0.25, -0.2) is 0 Å². The molecule has 2 aliphatic rings. The van der Waals surface area contributed by atoms with Crippen molar-refractivity contribution < 1.29 is 4.79 Å². The summed E-state index contributed by atoms with van der Waals surface area (Å²) in [5.41, 5.74) is 10.0. The quantitative estimate of drug-likeness (QED) is 0.861. The van der Waals surface area contributed by atoms with E-state index in [1.807, 2.05) is 24.3 Å². The summed E-state index contributed by atoms with van der Waals surface area (Å²) in [7, 11) is 0. The molecule has 0 atom stereocenters. The molecule has 3 heteroatoms. The molecule has 124 valence electrons. The van der Waals surface area contributed by atoms with Gasteiger partial charge >= 0.3 is 0 Å². The molecule has 2 fully saturated rings. The lowest BCUT2D eigenvalue weighted by Crippen LogP contribution is -2.48. The Kier molecular flexibility index (Phi) is 3.79. The Hall–Kier alpha value is -2.29. The number of amides is 1. The number of hydrogen-bond donors (Lipinski definition) is 1. The monoisotopic (exact) mass is 320 g/mol. The van der Waals surface area contributed by atoms with Crippen LogP contribution in [0.1, 0.15) is 53.1 Å². The average molecular weight is 320 g/mol. The Morgan fingerprint density at radius 1 is 1.00 bits per heavy atom. The Morgan fingerprint density at radius 2 is 1.67 bits per heavy atom. The maximum Gasteiger partial charge on any atom is 0.254 e. The van der Waals surface area contributed by atoms with E-state index in [-0.39, 0.29) is 5.91 Å². The van der Waals surface area contributed by atoms with E-state index in [4.69, 9.17) is 5.73 Å². The molecular weight excluding hydrogens is 296 g/mol. The minimum Gasteiger partial charge on any atom is -0.399 e. The first kappa shape index (κ1) is 15.3. The first-order chi connectivity index (χ1) is 11.6. The van der Waals surface area contributed by atoms with Gasteiger partial charge in [0, 0.05) is 23.3 Å². The van der Waals surface area contributed by atoms with Crippen molar-refractivity contribution in [2.75, 3.05) is 5.73 Å². The molecule has 2 aromatic rings. The first-order valence-corrected chi connectivity index (χ1v) is 8.87. The van der Waals surface area contributed by atoms with Crippen LogP contribution in [0.15, 0.2) is 48.5 Å². The molecule has 0 bridgehead atoms. The van der Waals surface area contributed by atoms with Gasteiger partial charge in [0.05, 0.1) is 0 Å². The van der Waals surface area contributed by atoms with Gasteiger partial charge in [-0.15, -0.1) is 0 Å². The molecule has 0 saturated heterocycles. The summed E-state index contributed by atoms with van der Waals surface area (Å²) in [4.78, 5) is 15.1. The summed E-state index contributed by atoms with van der Waals surface area (Å²) in [6.45, 7) is 2.18. The third-order valence-electron chi connectivity index (χ3n) is 5.47. The fraction of sp³-hybridized carbons (Fsp3) is 0.381. The van der Waals surface area contributed by atoms with Crippen LogP contribution in [0.2, 0.25) is 0 Å². The van der Waals surface area contributed by atoms with E-state index >= 15 is 0 Å². The van der Waals surface area contributed by atoms with Gasteiger partial charge in [-0.1, -0.05) is 24.3 Å². The number of benzene rings is 2. The van der Waals surface area contributed by atoms with Crippen LogP contribution in [0.3, 0.4) is 0 Å². The maximum atomic E-state index is 13.0. The molecule has 2 N–H and O–H groups in total. The number of rotatable bonds is 4. The van der Waals surface area contributed by atoms with Crippen LogP contribution in [0.5, 0.6) is 0 Å². The van der Waals surface area contributed by atoms with Crippen molar-refractivity contribution in [2.45, 2.75) is 50.6 Å². The van der Waals surface area contributed by atoms with Crippen LogP contribution >= 0.6 is 0 Å². The standard InChI is InChI=1S/C21H24N2O/c1-14-4-2-3-5-20(14)16-12-19(13-16)23(18-10-11-18)21(24)15-6-8-17(22)9-7-15/h2-9,16,18-19H,10-13,22H2,1H3. The molecule has 24 heavy (non-hydrogen) atoms. The number of nitrogens with zero attached hydrogens (tertiary/aromatic N) is 1. The lowest BCUT2D eigenvalue weighted by atomic mass is 9.73. The van der Waals surface area contributed by atoms with Crippen molar-refractivity contribution >= 4 is 11.6 Å². The number of hydrogen-bond acceptors (Lipinski definition) is 2. The van der Waals surface area contributed by atoms with E-state index in [0.717, 1.165) is 31.2 Å². The summed E-state index contributed by atoms with van der Waals surface area (Å²) in [5.74, 6) is 0.766. The van der Waals surface area contributed by atoms with Crippen LogP contribution in [-0.2, 0) is 0 Å². The topological polar surface area (TPSA) is 46.3 Å². The lowest BCUT2D eigenvalue weighted by Gasteiger charge is -2.44. The van der Waals surface area contributed by atoms with Gasteiger partial charge in [-0.05, 0) is 73.9 Å². The largest absolute Gasteiger partial charge is 0.399 e. The highest BCUT2D eigenvalue weighted by Gasteiger charge is 2.43. The summed E-state index contributed by atoms with van der Waals surface area (Å²) in [6.07, 6.45) is 4.46. The average Bonchev–Trinajstić information content (AvgIpc) is 3.36. The zero-order valence-electron chi connectivity index (χ0n) is 14.1. The summed E-state index contributed by atoms with van der Waals surface area (Å²) >= 11 is 0. The molecule has 3 nitrogen and oxygen atoms in total. The molecule has 0 radical (unpaired) electrons. The van der Waals surface area contributed by atoms with Crippen molar-refractivity contribution in [1.82, 2.24) is 4.90 Å². The van der Waals surface area contributed by atoms with Crippen molar-refractivity contribution in [3.05, 3.63) is 65.2 Å². The van der Waals surface area contributed by atoms with E-state index < -0.39 is 0 Å². The highest BCUT2D eigenvalue weighted by atomic mass is 16.2. The smallest absolute Gasteiger partial charge is 0.254 e. The van der Waals surface area contributed by atoms with Crippen LogP contribution in [0, 0.1) is 6.92 Å². The zero-order chi connectivity index (χ0) is 16.7. The number of anilines is 1. The number of carbonyl (C=O) groups is 1. The van der Waals surface area contributed by atoms with Crippen LogP contribution < -0.4 is 5.73 Å². The maximum absolute atomic E-state index is 13.0. The van der Waals surface area contributed by atoms with E-state index in [9.17, 15) is 4.79 Å². The number of carbonyl (C=O) groups excluding carboxylic acids is 1. The van der Waals surface area contributed by atoms with Crippen LogP contribution in [-0.4, -0.2) is 22.9 Å². The van der Waals surface area contributed by atoms with Gasteiger partial charge in [-0.2, -0.15) is 0 Å². The van der Waals surface area contributed by atoms with E-state index in [0.29, 0.717) is 23.7 Å². The Labute approximate surface area is 143 Å². The molecule has 0 spiro atoms. The van der Waals surface area contributed by atoms with Crippen molar-refractivity contribution in [3.63, 3.8) is 0 Å². The van der Waals surface area contributed by atoms with E-state index in [1.165, 1.54) is 11.1 Å². The summed E-state index contributed by atoms with van der Waals surface area (Å²) < 4.78 is 0. The highest BCUT2D eigenvalue weighted by molar-refractivity contribution is 5.95. The Bertz CT molecular complexity index is 743. The summed E-state index contributed by atoms with van der Waals surface area (Å²) in [5, 5.41) is 0. The van der Waals surface area contributed by atoms with Crippen molar-refractivity contribution in [3.8, 4) is 0 Å². The third kappa shape index (κ3) is 2.79. The van der Waals surface area contributed by atoms with Crippen LogP contribution in [0.25, 0.3) is 0 Å². The third-order valence-corrected chi connectivity index (χ3v) is 5.47. The molecule has 0 unspecified atom stereocenters. The Morgan fingerprint density at radius 3 is 2.29 bits per heavy atom. The molecule has 2 aromatic carbocycles. The predicted molar refractivity (Wildman–Crippen MR) is 97.0 cm³/mol. The molecular formula is C21H24N2O. The Balaban J connectivity index is 1.49. The molecule has 2 aliphatic carbocycles. The normalized spacial score (nSPS) is 22.7. The van der Waals surface area contributed by atoms with Crippen LogP contribution in [0.4, 0.5) is 5.69 Å². The fourth-order valence-corrected chi connectivity index (χ4v) is 3.87. The second kappa shape index (κ2) is 5.97. The van der Waals surface area contributed by atoms with Crippen molar-refractivity contribution in [1.29, 1.82) is 0 Å². The number of nitrogen functional groups attached to an aromatic ring is 1. The molecule has 0 aromatic heterocycles. The van der Waals surface area contributed by atoms with Crippen molar-refractivity contribution in [2.24, 2.45) is 0 Å². The second-order valence-electron chi connectivity index (χ2n) is 7.24. The second-order valence-corrected chi connectivity index (χ2v) is 7.24. The molecule has 0 heterocycles. The molecule has 0 aliphatic heterocycles. The lowest BCUT2D eigenvalue weighted by molar-refractivity contribution is 0.0516. The predicted octanol–water partition coefficient (Wildman–Crippen LogP) is 4.13. The van der Waals surface area contributed by atoms with Gasteiger partial charge in [0.15, 0.2) is 0 Å².